The van der Waals surface area contributed by atoms with Gasteiger partial charge in [0.15, 0.2) is 11.4 Å². The van der Waals surface area contributed by atoms with E-state index in [-0.39, 0.29) is 0 Å². The Morgan fingerprint density at radius 3 is 1.52 bits per heavy atom. The molecule has 0 fully saturated rings. The van der Waals surface area contributed by atoms with Crippen LogP contribution in [0.3, 0.4) is 0 Å². The van der Waals surface area contributed by atoms with E-state index in [1.165, 1.54) is 21.8 Å². The van der Waals surface area contributed by atoms with E-state index in [4.69, 9.17) is 13.1 Å². The number of hydrogen-bond acceptors (Lipinski definition) is 0. The SMILES string of the molecule is [C-]#[N+]c1ccc(-c2ccccc2-c2ccc(-n3c4ccccc4c4ccccc43)cc2)c(-n2c3ccccc3c3cc([N+]#[C-])ccc32)c1. The van der Waals surface area contributed by atoms with E-state index in [1.807, 2.05) is 42.5 Å². The van der Waals surface area contributed by atoms with E-state index in [2.05, 4.69) is 134 Å². The fraction of sp³-hybridized carbons (Fsp3) is 0. The number of benzene rings is 7. The monoisotopic (exact) mass is 610 g/mol. The van der Waals surface area contributed by atoms with Gasteiger partial charge in [-0.05, 0) is 70.6 Å². The van der Waals surface area contributed by atoms with E-state index < -0.39 is 0 Å². The molecule has 0 bridgehead atoms. The molecular weight excluding hydrogens is 585 g/mol. The predicted molar refractivity (Wildman–Crippen MR) is 199 cm³/mol. The Labute approximate surface area is 277 Å². The third kappa shape index (κ3) is 4.14. The van der Waals surface area contributed by atoms with Gasteiger partial charge < -0.3 is 9.13 Å². The third-order valence-corrected chi connectivity index (χ3v) is 9.37. The number of nitrogens with zero attached hydrogens (tertiary/aromatic N) is 4. The standard InChI is InChI=1S/C44H26N4/c1-45-30-22-26-43-39(27-30)37-15-7-10-18-42(37)48(43)44-28-31(46-2)21-25-38(44)34-12-4-3-11-33(34)29-19-23-32(24-20-29)47-40-16-8-5-13-35(40)36-14-6-9-17-41(36)47/h3-28H. The second-order valence-electron chi connectivity index (χ2n) is 11.9. The quantitative estimate of drug-likeness (QED) is 0.177. The average molecular weight is 611 g/mol. The summed E-state index contributed by atoms with van der Waals surface area (Å²) in [6, 6.07) is 54.6. The summed E-state index contributed by atoms with van der Waals surface area (Å²) in [5, 5.41) is 4.58. The summed E-state index contributed by atoms with van der Waals surface area (Å²) < 4.78 is 4.58. The van der Waals surface area contributed by atoms with Crippen molar-refractivity contribution in [2.75, 3.05) is 0 Å². The Kier molecular flexibility index (Phi) is 6.22. The smallest absolute Gasteiger partial charge is 0.189 e. The van der Waals surface area contributed by atoms with Crippen molar-refractivity contribution in [3.8, 4) is 33.6 Å². The number of hydrogen-bond donors (Lipinski definition) is 0. The summed E-state index contributed by atoms with van der Waals surface area (Å²) in [4.78, 5) is 7.51. The van der Waals surface area contributed by atoms with Crippen LogP contribution in [0.15, 0.2) is 158 Å². The fourth-order valence-corrected chi connectivity index (χ4v) is 7.25. The molecule has 0 atom stereocenters. The van der Waals surface area contributed by atoms with E-state index in [0.29, 0.717) is 11.4 Å². The van der Waals surface area contributed by atoms with E-state index in [9.17, 15) is 0 Å². The minimum absolute atomic E-state index is 0.575. The first-order valence-corrected chi connectivity index (χ1v) is 15.8. The molecule has 0 N–H and O–H groups in total. The number of aromatic nitrogens is 2. The molecular formula is C44H26N4. The second-order valence-corrected chi connectivity index (χ2v) is 11.9. The molecule has 7 aromatic carbocycles. The molecule has 0 unspecified atom stereocenters. The summed E-state index contributed by atoms with van der Waals surface area (Å²) in [5.41, 5.74) is 12.0. The van der Waals surface area contributed by atoms with Gasteiger partial charge in [-0.15, -0.1) is 0 Å². The first kappa shape index (κ1) is 27.4. The van der Waals surface area contributed by atoms with Gasteiger partial charge >= 0.3 is 0 Å². The zero-order valence-electron chi connectivity index (χ0n) is 25.8. The molecule has 0 radical (unpaired) electrons. The van der Waals surface area contributed by atoms with Crippen LogP contribution in [0.25, 0.3) is 86.9 Å². The molecule has 0 amide bonds. The highest BCUT2D eigenvalue weighted by Gasteiger charge is 2.19. The molecule has 2 heterocycles. The molecule has 4 heteroatoms. The summed E-state index contributed by atoms with van der Waals surface area (Å²) >= 11 is 0. The Hall–Kier alpha value is -6.88. The van der Waals surface area contributed by atoms with Crippen LogP contribution < -0.4 is 0 Å². The Bertz CT molecular complexity index is 2750. The van der Waals surface area contributed by atoms with Crippen LogP contribution >= 0.6 is 0 Å². The molecule has 2 aromatic heterocycles. The molecule has 0 aliphatic carbocycles. The van der Waals surface area contributed by atoms with Crippen molar-refractivity contribution in [3.05, 3.63) is 181 Å². The molecule has 48 heavy (non-hydrogen) atoms. The molecule has 0 spiro atoms. The maximum Gasteiger partial charge on any atom is 0.189 e. The summed E-state index contributed by atoms with van der Waals surface area (Å²) in [6.07, 6.45) is 0. The lowest BCUT2D eigenvalue weighted by Crippen LogP contribution is -1.98. The van der Waals surface area contributed by atoms with Crippen molar-refractivity contribution >= 4 is 55.0 Å². The fourth-order valence-electron chi connectivity index (χ4n) is 7.25. The van der Waals surface area contributed by atoms with Crippen molar-refractivity contribution in [3.63, 3.8) is 0 Å². The highest BCUT2D eigenvalue weighted by Crippen LogP contribution is 2.42. The Balaban J connectivity index is 1.23. The Morgan fingerprint density at radius 1 is 0.375 bits per heavy atom. The molecule has 0 aliphatic rings. The molecule has 9 aromatic rings. The predicted octanol–water partition coefficient (Wildman–Crippen LogP) is 12.3. The molecule has 9 rings (SSSR count). The summed E-state index contributed by atoms with van der Waals surface area (Å²) in [5.74, 6) is 0. The lowest BCUT2D eigenvalue weighted by molar-refractivity contribution is 1.18. The highest BCUT2D eigenvalue weighted by molar-refractivity contribution is 6.11. The zero-order chi connectivity index (χ0) is 32.2. The molecule has 222 valence electrons. The van der Waals surface area contributed by atoms with E-state index in [1.54, 1.807) is 0 Å². The zero-order valence-corrected chi connectivity index (χ0v) is 25.8. The van der Waals surface area contributed by atoms with Crippen molar-refractivity contribution in [1.29, 1.82) is 0 Å². The van der Waals surface area contributed by atoms with Gasteiger partial charge in [0, 0.05) is 33.1 Å². The topological polar surface area (TPSA) is 18.6 Å². The van der Waals surface area contributed by atoms with E-state index >= 15 is 0 Å². The molecule has 0 saturated heterocycles. The van der Waals surface area contributed by atoms with Crippen molar-refractivity contribution in [1.82, 2.24) is 9.13 Å². The van der Waals surface area contributed by atoms with Crippen molar-refractivity contribution < 1.29 is 0 Å². The van der Waals surface area contributed by atoms with Crippen LogP contribution in [0.4, 0.5) is 11.4 Å². The lowest BCUT2D eigenvalue weighted by atomic mass is 9.93. The highest BCUT2D eigenvalue weighted by atomic mass is 15.0. The maximum absolute atomic E-state index is 7.86. The van der Waals surface area contributed by atoms with Crippen LogP contribution in [0.2, 0.25) is 0 Å². The summed E-state index contributed by atoms with van der Waals surface area (Å²) in [6.45, 7) is 15.5. The lowest BCUT2D eigenvalue weighted by Gasteiger charge is -2.18. The maximum atomic E-state index is 7.86. The minimum atomic E-state index is 0.575. The summed E-state index contributed by atoms with van der Waals surface area (Å²) in [7, 11) is 0. The second kappa shape index (κ2) is 10.9. The minimum Gasteiger partial charge on any atom is -0.310 e. The van der Waals surface area contributed by atoms with E-state index in [0.717, 1.165) is 55.4 Å². The third-order valence-electron chi connectivity index (χ3n) is 9.37. The van der Waals surface area contributed by atoms with Gasteiger partial charge in [-0.3, -0.25) is 0 Å². The van der Waals surface area contributed by atoms with Gasteiger partial charge in [0.1, 0.15) is 0 Å². The van der Waals surface area contributed by atoms with Gasteiger partial charge in [0.05, 0.1) is 35.2 Å². The van der Waals surface area contributed by atoms with Crippen LogP contribution in [-0.4, -0.2) is 9.13 Å². The van der Waals surface area contributed by atoms with Crippen LogP contribution in [0, 0.1) is 13.1 Å². The van der Waals surface area contributed by atoms with Crippen LogP contribution in [0.5, 0.6) is 0 Å². The van der Waals surface area contributed by atoms with Gasteiger partial charge in [0.2, 0.25) is 0 Å². The van der Waals surface area contributed by atoms with Gasteiger partial charge in [-0.1, -0.05) is 109 Å². The number of para-hydroxylation sites is 3. The molecule has 4 nitrogen and oxygen atoms in total. The molecule has 0 aliphatic heterocycles. The van der Waals surface area contributed by atoms with Crippen molar-refractivity contribution in [2.24, 2.45) is 0 Å². The van der Waals surface area contributed by atoms with Gasteiger partial charge in [0.25, 0.3) is 0 Å². The Morgan fingerprint density at radius 2 is 0.875 bits per heavy atom. The normalized spacial score (nSPS) is 11.3. The number of fused-ring (bicyclic) bond motifs is 6. The first-order valence-electron chi connectivity index (χ1n) is 15.8. The van der Waals surface area contributed by atoms with Gasteiger partial charge in [-0.25, -0.2) is 9.69 Å². The average Bonchev–Trinajstić information content (AvgIpc) is 3.67. The van der Waals surface area contributed by atoms with Crippen molar-refractivity contribution in [2.45, 2.75) is 0 Å². The first-order chi connectivity index (χ1) is 23.7. The van der Waals surface area contributed by atoms with Crippen LogP contribution in [-0.2, 0) is 0 Å². The van der Waals surface area contributed by atoms with Gasteiger partial charge in [-0.2, -0.15) is 0 Å². The largest absolute Gasteiger partial charge is 0.310 e. The number of rotatable bonds is 4. The molecule has 0 saturated carbocycles. The van der Waals surface area contributed by atoms with Crippen LogP contribution in [0.1, 0.15) is 0 Å².